The molecule has 0 saturated heterocycles. The van der Waals surface area contributed by atoms with Crippen LogP contribution in [-0.4, -0.2) is 4.40 Å². The summed E-state index contributed by atoms with van der Waals surface area (Å²) in [4.78, 5) is 0. The zero-order chi connectivity index (χ0) is 13.6. The predicted octanol–water partition coefficient (Wildman–Crippen LogP) is 3.36. The Labute approximate surface area is 113 Å². The van der Waals surface area contributed by atoms with Crippen LogP contribution in [0.2, 0.25) is 0 Å². The smallest absolute Gasteiger partial charge is 0.214 e. The van der Waals surface area contributed by atoms with E-state index in [4.69, 9.17) is 0 Å². The minimum atomic E-state index is 1.28. The lowest BCUT2D eigenvalue weighted by atomic mass is 10.1. The number of hydrogen-bond donors (Lipinski definition) is 0. The van der Waals surface area contributed by atoms with Gasteiger partial charge in [-0.15, -0.1) is 0 Å². The number of rotatable bonds is 1. The average Bonchev–Trinajstić information content (AvgIpc) is 2.66. The van der Waals surface area contributed by atoms with Crippen LogP contribution in [0.3, 0.4) is 0 Å². The molecule has 0 fully saturated rings. The van der Waals surface area contributed by atoms with Crippen LogP contribution in [-0.2, 0) is 7.05 Å². The monoisotopic (exact) mass is 251 g/mol. The highest BCUT2D eigenvalue weighted by Crippen LogP contribution is 2.30. The van der Waals surface area contributed by atoms with Crippen molar-refractivity contribution in [2.24, 2.45) is 7.05 Å². The van der Waals surface area contributed by atoms with Crippen LogP contribution in [0, 0.1) is 20.8 Å². The van der Waals surface area contributed by atoms with Gasteiger partial charge < -0.3 is 4.40 Å². The third-order valence-corrected chi connectivity index (χ3v) is 3.90. The molecule has 3 heterocycles. The zero-order valence-electron chi connectivity index (χ0n) is 11.9. The van der Waals surface area contributed by atoms with Gasteiger partial charge in [0.05, 0.1) is 5.56 Å². The number of aryl methyl sites for hydroxylation is 4. The van der Waals surface area contributed by atoms with E-state index in [2.05, 4.69) is 79.5 Å². The van der Waals surface area contributed by atoms with Crippen molar-refractivity contribution >= 4 is 5.52 Å². The van der Waals surface area contributed by atoms with Crippen molar-refractivity contribution in [1.82, 2.24) is 4.40 Å². The van der Waals surface area contributed by atoms with Crippen LogP contribution in [0.1, 0.15) is 16.8 Å². The van der Waals surface area contributed by atoms with E-state index in [1.807, 2.05) is 0 Å². The van der Waals surface area contributed by atoms with Gasteiger partial charge in [0.1, 0.15) is 7.05 Å². The lowest BCUT2D eigenvalue weighted by Crippen LogP contribution is -2.30. The predicted molar refractivity (Wildman–Crippen MR) is 78.2 cm³/mol. The van der Waals surface area contributed by atoms with E-state index in [0.717, 1.165) is 0 Å². The Morgan fingerprint density at radius 1 is 1.05 bits per heavy atom. The Kier molecular flexibility index (Phi) is 2.67. The molecule has 0 N–H and O–H groups in total. The molecule has 3 aromatic rings. The maximum atomic E-state index is 2.27. The summed E-state index contributed by atoms with van der Waals surface area (Å²) in [5, 5.41) is 0. The third-order valence-electron chi connectivity index (χ3n) is 3.90. The molecule has 3 rings (SSSR count). The van der Waals surface area contributed by atoms with E-state index in [9.17, 15) is 0 Å². The van der Waals surface area contributed by atoms with Gasteiger partial charge in [-0.1, -0.05) is 6.07 Å². The Hall–Kier alpha value is -2.09. The first-order chi connectivity index (χ1) is 9.09. The van der Waals surface area contributed by atoms with E-state index >= 15 is 0 Å². The standard InChI is InChI=1S/C17H19N2/c1-12-8-10-18(4)16(11-12)17-13(2)15-7-5-6-9-19(15)14(17)3/h5-11H,1-4H3/q+1. The molecule has 0 aliphatic heterocycles. The van der Waals surface area contributed by atoms with Crippen molar-refractivity contribution in [2.45, 2.75) is 20.8 Å². The normalized spacial score (nSPS) is 11.2. The summed E-state index contributed by atoms with van der Waals surface area (Å²) in [6.45, 7) is 6.54. The molecule has 0 spiro atoms. The summed E-state index contributed by atoms with van der Waals surface area (Å²) in [6, 6.07) is 10.8. The fourth-order valence-electron chi connectivity index (χ4n) is 2.86. The maximum absolute atomic E-state index is 2.27. The fraction of sp³-hybridized carbons (Fsp3) is 0.235. The number of nitrogens with zero attached hydrogens (tertiary/aromatic N) is 2. The van der Waals surface area contributed by atoms with Crippen LogP contribution in [0.15, 0.2) is 42.7 Å². The van der Waals surface area contributed by atoms with E-state index < -0.39 is 0 Å². The number of hydrogen-bond acceptors (Lipinski definition) is 0. The second-order valence-corrected chi connectivity index (χ2v) is 5.24. The molecular weight excluding hydrogens is 232 g/mol. The SMILES string of the molecule is Cc1cc[n+](C)c(-c2c(C)c3ccccn3c2C)c1. The van der Waals surface area contributed by atoms with Gasteiger partial charge >= 0.3 is 0 Å². The van der Waals surface area contributed by atoms with Gasteiger partial charge in [-0.25, -0.2) is 4.57 Å². The van der Waals surface area contributed by atoms with E-state index in [1.54, 1.807) is 0 Å². The second-order valence-electron chi connectivity index (χ2n) is 5.24. The largest absolute Gasteiger partial charge is 0.320 e. The average molecular weight is 251 g/mol. The minimum absolute atomic E-state index is 1.28. The topological polar surface area (TPSA) is 8.29 Å². The zero-order valence-corrected chi connectivity index (χ0v) is 11.9. The summed E-state index contributed by atoms with van der Waals surface area (Å²) in [7, 11) is 2.11. The molecule has 3 aromatic heterocycles. The second kappa shape index (κ2) is 4.23. The first kappa shape index (κ1) is 12.0. The Morgan fingerprint density at radius 3 is 2.58 bits per heavy atom. The highest BCUT2D eigenvalue weighted by molar-refractivity contribution is 5.76. The number of pyridine rings is 2. The molecule has 0 atom stereocenters. The van der Waals surface area contributed by atoms with Crippen LogP contribution in [0.4, 0.5) is 0 Å². The highest BCUT2D eigenvalue weighted by Gasteiger charge is 2.20. The summed E-state index contributed by atoms with van der Waals surface area (Å²) < 4.78 is 4.47. The molecular formula is C17H19N2+. The van der Waals surface area contributed by atoms with Crippen LogP contribution >= 0.6 is 0 Å². The van der Waals surface area contributed by atoms with Crippen LogP contribution < -0.4 is 4.57 Å². The first-order valence-electron chi connectivity index (χ1n) is 6.62. The van der Waals surface area contributed by atoms with Gasteiger partial charge in [0.2, 0.25) is 5.69 Å². The molecule has 2 heteroatoms. The summed E-state index contributed by atoms with van der Waals surface area (Å²) in [6.07, 6.45) is 4.27. The lowest BCUT2D eigenvalue weighted by Gasteiger charge is -2.02. The summed E-state index contributed by atoms with van der Waals surface area (Å²) in [5.41, 5.74) is 7.85. The summed E-state index contributed by atoms with van der Waals surface area (Å²) >= 11 is 0. The minimum Gasteiger partial charge on any atom is -0.320 e. The number of aromatic nitrogens is 2. The lowest BCUT2D eigenvalue weighted by molar-refractivity contribution is -0.660. The van der Waals surface area contributed by atoms with Crippen LogP contribution in [0.5, 0.6) is 0 Å². The molecule has 0 aromatic carbocycles. The maximum Gasteiger partial charge on any atom is 0.214 e. The quantitative estimate of drug-likeness (QED) is 0.586. The molecule has 19 heavy (non-hydrogen) atoms. The molecule has 0 unspecified atom stereocenters. The Morgan fingerprint density at radius 2 is 1.84 bits per heavy atom. The molecule has 0 aliphatic carbocycles. The third kappa shape index (κ3) is 1.75. The van der Waals surface area contributed by atoms with Crippen molar-refractivity contribution in [3.63, 3.8) is 0 Å². The Bertz CT molecular complexity index is 727. The molecule has 96 valence electrons. The van der Waals surface area contributed by atoms with Gasteiger partial charge in [-0.2, -0.15) is 0 Å². The van der Waals surface area contributed by atoms with E-state index in [1.165, 1.54) is 33.6 Å². The van der Waals surface area contributed by atoms with E-state index in [-0.39, 0.29) is 0 Å². The van der Waals surface area contributed by atoms with Gasteiger partial charge in [0.25, 0.3) is 0 Å². The fourth-order valence-corrected chi connectivity index (χ4v) is 2.86. The molecule has 0 radical (unpaired) electrons. The van der Waals surface area contributed by atoms with Crippen molar-refractivity contribution < 1.29 is 4.57 Å². The van der Waals surface area contributed by atoms with Gasteiger partial charge in [-0.05, 0) is 44.0 Å². The molecule has 0 bridgehead atoms. The van der Waals surface area contributed by atoms with Gasteiger partial charge in [-0.3, -0.25) is 0 Å². The van der Waals surface area contributed by atoms with Gasteiger partial charge in [0.15, 0.2) is 6.20 Å². The van der Waals surface area contributed by atoms with Crippen molar-refractivity contribution in [2.75, 3.05) is 0 Å². The number of fused-ring (bicyclic) bond motifs is 1. The van der Waals surface area contributed by atoms with E-state index in [0.29, 0.717) is 0 Å². The van der Waals surface area contributed by atoms with Crippen molar-refractivity contribution in [3.05, 3.63) is 59.5 Å². The van der Waals surface area contributed by atoms with Gasteiger partial charge in [0, 0.05) is 29.5 Å². The van der Waals surface area contributed by atoms with Crippen LogP contribution in [0.25, 0.3) is 16.8 Å². The van der Waals surface area contributed by atoms with Crippen molar-refractivity contribution in [3.8, 4) is 11.3 Å². The molecule has 2 nitrogen and oxygen atoms in total. The molecule has 0 aliphatic rings. The molecule has 0 saturated carbocycles. The summed E-state index contributed by atoms with van der Waals surface area (Å²) in [5.74, 6) is 0. The first-order valence-corrected chi connectivity index (χ1v) is 6.62. The molecule has 0 amide bonds. The highest BCUT2D eigenvalue weighted by atomic mass is 14.9. The Balaban J connectivity index is 2.40. The van der Waals surface area contributed by atoms with Crippen molar-refractivity contribution in [1.29, 1.82) is 0 Å².